The van der Waals surface area contributed by atoms with Crippen LogP contribution in [0.25, 0.3) is 0 Å². The molecule has 0 aliphatic heterocycles. The molecule has 0 atom stereocenters. The Morgan fingerprint density at radius 1 is 1.21 bits per heavy atom. The van der Waals surface area contributed by atoms with Crippen LogP contribution in [0.15, 0.2) is 29.2 Å². The number of hydrogen-bond donors (Lipinski definition) is 1. The predicted molar refractivity (Wildman–Crippen MR) is 90.5 cm³/mol. The number of benzene rings is 1. The van der Waals surface area contributed by atoms with Crippen molar-refractivity contribution >= 4 is 32.2 Å². The van der Waals surface area contributed by atoms with E-state index in [1.54, 1.807) is 0 Å². The normalized spacial score (nSPS) is 14.2. The predicted octanol–water partition coefficient (Wildman–Crippen LogP) is 2.96. The van der Waals surface area contributed by atoms with Gasteiger partial charge in [-0.05, 0) is 49.9 Å². The number of sulfone groups is 1. The summed E-state index contributed by atoms with van der Waals surface area (Å²) in [5, 5.41) is 3.21. The Kier molecular flexibility index (Phi) is 4.96. The van der Waals surface area contributed by atoms with Gasteiger partial charge < -0.3 is 5.32 Å². The molecule has 1 amide bonds. The van der Waals surface area contributed by atoms with E-state index >= 15 is 0 Å². The number of nitrogens with one attached hydrogen (secondary N) is 1. The van der Waals surface area contributed by atoms with Crippen molar-refractivity contribution in [3.05, 3.63) is 40.7 Å². The second-order valence-corrected chi connectivity index (χ2v) is 8.86. The molecule has 1 aromatic heterocycles. The van der Waals surface area contributed by atoms with Crippen molar-refractivity contribution < 1.29 is 17.6 Å². The van der Waals surface area contributed by atoms with Crippen molar-refractivity contribution in [2.45, 2.75) is 37.0 Å². The molecule has 0 fully saturated rings. The van der Waals surface area contributed by atoms with Gasteiger partial charge in [-0.25, -0.2) is 17.8 Å². The minimum atomic E-state index is -3.61. The highest BCUT2D eigenvalue weighted by molar-refractivity contribution is 7.91. The quantitative estimate of drug-likeness (QED) is 0.823. The molecule has 3 rings (SSSR count). The molecule has 1 N–H and O–H groups in total. The fraction of sp³-hybridized carbons (Fsp3) is 0.375. The Labute approximate surface area is 143 Å². The van der Waals surface area contributed by atoms with Crippen LogP contribution in [0.2, 0.25) is 0 Å². The van der Waals surface area contributed by atoms with Crippen LogP contribution in [0.4, 0.5) is 9.52 Å². The van der Waals surface area contributed by atoms with Crippen molar-refractivity contribution in [2.75, 3.05) is 11.1 Å². The highest BCUT2D eigenvalue weighted by Gasteiger charge is 2.19. The van der Waals surface area contributed by atoms with E-state index in [0.717, 1.165) is 43.5 Å². The van der Waals surface area contributed by atoms with Crippen LogP contribution in [-0.2, 0) is 27.5 Å². The fourth-order valence-electron chi connectivity index (χ4n) is 2.57. The van der Waals surface area contributed by atoms with E-state index in [2.05, 4.69) is 10.3 Å². The van der Waals surface area contributed by atoms with E-state index in [-0.39, 0.29) is 23.0 Å². The van der Waals surface area contributed by atoms with Crippen LogP contribution in [0.3, 0.4) is 0 Å². The Morgan fingerprint density at radius 3 is 2.62 bits per heavy atom. The van der Waals surface area contributed by atoms with Crippen LogP contribution < -0.4 is 5.32 Å². The summed E-state index contributed by atoms with van der Waals surface area (Å²) in [5.41, 5.74) is 1.04. The van der Waals surface area contributed by atoms with Crippen molar-refractivity contribution in [2.24, 2.45) is 0 Å². The maximum atomic E-state index is 12.9. The van der Waals surface area contributed by atoms with Gasteiger partial charge in [0.25, 0.3) is 0 Å². The van der Waals surface area contributed by atoms with Gasteiger partial charge in [0, 0.05) is 11.3 Å². The van der Waals surface area contributed by atoms with Crippen molar-refractivity contribution in [3.8, 4) is 0 Å². The second-order valence-electron chi connectivity index (χ2n) is 5.67. The first-order chi connectivity index (χ1) is 11.4. The number of aromatic nitrogens is 1. The molecular weight excluding hydrogens is 351 g/mol. The van der Waals surface area contributed by atoms with Gasteiger partial charge in [0.2, 0.25) is 5.91 Å². The lowest BCUT2D eigenvalue weighted by molar-refractivity contribution is -0.115. The number of aryl methyl sites for hydroxylation is 2. The van der Waals surface area contributed by atoms with Gasteiger partial charge in [0.05, 0.1) is 16.3 Å². The number of nitrogens with zero attached hydrogens (tertiary/aromatic N) is 1. The standard InChI is InChI=1S/C16H17FN2O3S2/c17-11-5-7-12(8-6-11)24(21,22)10-9-15(20)19-16-18-13-3-1-2-4-14(13)23-16/h5-8H,1-4,9-10H2,(H,18,19,20). The third-order valence-corrected chi connectivity index (χ3v) is 6.67. The molecule has 0 saturated carbocycles. The maximum absolute atomic E-state index is 12.9. The number of amides is 1. The average Bonchev–Trinajstić information content (AvgIpc) is 2.95. The van der Waals surface area contributed by atoms with E-state index in [1.807, 2.05) is 0 Å². The SMILES string of the molecule is O=C(CCS(=O)(=O)c1ccc(F)cc1)Nc1nc2c(s1)CCCC2. The van der Waals surface area contributed by atoms with Crippen LogP contribution in [-0.4, -0.2) is 25.1 Å². The Morgan fingerprint density at radius 2 is 1.92 bits per heavy atom. The molecule has 8 heteroatoms. The largest absolute Gasteiger partial charge is 0.302 e. The van der Waals surface area contributed by atoms with Gasteiger partial charge in [-0.3, -0.25) is 4.79 Å². The van der Waals surface area contributed by atoms with E-state index < -0.39 is 15.7 Å². The number of carbonyl (C=O) groups is 1. The Balaban J connectivity index is 1.59. The molecule has 0 saturated heterocycles. The van der Waals surface area contributed by atoms with E-state index in [4.69, 9.17) is 0 Å². The molecule has 0 spiro atoms. The highest BCUT2D eigenvalue weighted by Crippen LogP contribution is 2.29. The van der Waals surface area contributed by atoms with Crippen molar-refractivity contribution in [1.29, 1.82) is 0 Å². The molecule has 0 radical (unpaired) electrons. The van der Waals surface area contributed by atoms with Crippen LogP contribution in [0, 0.1) is 5.82 Å². The van der Waals surface area contributed by atoms with Gasteiger partial charge in [0.15, 0.2) is 15.0 Å². The molecule has 0 bridgehead atoms. The molecule has 1 aromatic carbocycles. The van der Waals surface area contributed by atoms with Gasteiger partial charge >= 0.3 is 0 Å². The Bertz CT molecular complexity index is 821. The molecule has 0 unspecified atom stereocenters. The molecular formula is C16H17FN2O3S2. The lowest BCUT2D eigenvalue weighted by Gasteiger charge is -2.06. The number of anilines is 1. The maximum Gasteiger partial charge on any atom is 0.227 e. The summed E-state index contributed by atoms with van der Waals surface area (Å²) in [6.45, 7) is 0. The monoisotopic (exact) mass is 368 g/mol. The van der Waals surface area contributed by atoms with Gasteiger partial charge in [0.1, 0.15) is 5.82 Å². The third kappa shape index (κ3) is 3.99. The minimum absolute atomic E-state index is 0.0152. The zero-order chi connectivity index (χ0) is 17.2. The summed E-state index contributed by atoms with van der Waals surface area (Å²) in [6.07, 6.45) is 4.00. The Hall–Kier alpha value is -1.80. The van der Waals surface area contributed by atoms with E-state index in [0.29, 0.717) is 5.13 Å². The fourth-order valence-corrected chi connectivity index (χ4v) is 4.88. The summed E-state index contributed by atoms with van der Waals surface area (Å²) in [5.74, 6) is -1.21. The van der Waals surface area contributed by atoms with Gasteiger partial charge in [-0.15, -0.1) is 11.3 Å². The zero-order valence-corrected chi connectivity index (χ0v) is 14.6. The topological polar surface area (TPSA) is 76.1 Å². The van der Waals surface area contributed by atoms with E-state index in [1.165, 1.54) is 28.3 Å². The van der Waals surface area contributed by atoms with Crippen molar-refractivity contribution in [3.63, 3.8) is 0 Å². The van der Waals surface area contributed by atoms with Crippen LogP contribution in [0.1, 0.15) is 29.8 Å². The first kappa shape index (κ1) is 17.0. The summed E-state index contributed by atoms with van der Waals surface area (Å²) >= 11 is 1.46. The van der Waals surface area contributed by atoms with Crippen LogP contribution >= 0.6 is 11.3 Å². The van der Waals surface area contributed by atoms with Gasteiger partial charge in [-0.2, -0.15) is 0 Å². The molecule has 5 nitrogen and oxygen atoms in total. The average molecular weight is 368 g/mol. The molecule has 1 aliphatic carbocycles. The molecule has 24 heavy (non-hydrogen) atoms. The number of thiazole rings is 1. The second kappa shape index (κ2) is 6.98. The zero-order valence-electron chi connectivity index (χ0n) is 12.9. The number of fused-ring (bicyclic) bond motifs is 1. The third-order valence-electron chi connectivity index (χ3n) is 3.86. The lowest BCUT2D eigenvalue weighted by Crippen LogP contribution is -2.17. The lowest BCUT2D eigenvalue weighted by atomic mass is 10.0. The summed E-state index contributed by atoms with van der Waals surface area (Å²) in [4.78, 5) is 17.6. The minimum Gasteiger partial charge on any atom is -0.302 e. The summed E-state index contributed by atoms with van der Waals surface area (Å²) in [6, 6.07) is 4.59. The van der Waals surface area contributed by atoms with Crippen LogP contribution in [0.5, 0.6) is 0 Å². The molecule has 128 valence electrons. The number of halogens is 1. The van der Waals surface area contributed by atoms with Crippen molar-refractivity contribution in [1.82, 2.24) is 4.98 Å². The molecule has 2 aromatic rings. The first-order valence-electron chi connectivity index (χ1n) is 7.71. The summed E-state index contributed by atoms with van der Waals surface area (Å²) in [7, 11) is -3.61. The molecule has 1 heterocycles. The highest BCUT2D eigenvalue weighted by atomic mass is 32.2. The van der Waals surface area contributed by atoms with E-state index in [9.17, 15) is 17.6 Å². The number of carbonyl (C=O) groups excluding carboxylic acids is 1. The van der Waals surface area contributed by atoms with Gasteiger partial charge in [-0.1, -0.05) is 0 Å². The number of hydrogen-bond acceptors (Lipinski definition) is 5. The number of rotatable bonds is 5. The summed E-state index contributed by atoms with van der Waals surface area (Å²) < 4.78 is 37.2. The first-order valence-corrected chi connectivity index (χ1v) is 10.2. The smallest absolute Gasteiger partial charge is 0.227 e. The molecule has 1 aliphatic rings.